The molecule has 31 heavy (non-hydrogen) atoms. The molecule has 0 spiro atoms. The Kier molecular flexibility index (Phi) is 6.10. The Balaban J connectivity index is 1.73. The molecule has 4 nitrogen and oxygen atoms in total. The summed E-state index contributed by atoms with van der Waals surface area (Å²) in [5, 5.41) is 1.20. The molecule has 1 aromatic heterocycles. The van der Waals surface area contributed by atoms with Crippen LogP contribution in [0.1, 0.15) is 34.1 Å². The lowest BCUT2D eigenvalue weighted by Crippen LogP contribution is -2.27. The maximum atomic E-state index is 13.2. The number of pyridine rings is 1. The average Bonchev–Trinajstić information content (AvgIpc) is 2.82. The van der Waals surface area contributed by atoms with E-state index in [0.717, 1.165) is 5.56 Å². The van der Waals surface area contributed by atoms with E-state index in [1.807, 2.05) is 55.5 Å². The third kappa shape index (κ3) is 4.35. The van der Waals surface area contributed by atoms with Crippen molar-refractivity contribution >= 4 is 34.3 Å². The van der Waals surface area contributed by atoms with Crippen LogP contribution < -0.4 is 0 Å². The fourth-order valence-electron chi connectivity index (χ4n) is 3.45. The molecule has 0 saturated carbocycles. The van der Waals surface area contributed by atoms with Gasteiger partial charge in [0.05, 0.1) is 16.8 Å². The van der Waals surface area contributed by atoms with Gasteiger partial charge in [0.2, 0.25) is 5.78 Å². The monoisotopic (exact) mass is 429 g/mol. The van der Waals surface area contributed by atoms with Gasteiger partial charge in [-0.1, -0.05) is 85.3 Å². The molecule has 0 bridgehead atoms. The summed E-state index contributed by atoms with van der Waals surface area (Å²) in [5.74, 6) is -0.788. The zero-order valence-electron chi connectivity index (χ0n) is 16.9. The first-order chi connectivity index (χ1) is 15.1. The lowest BCUT2D eigenvalue weighted by molar-refractivity contribution is 0.0279. The lowest BCUT2D eigenvalue weighted by atomic mass is 10.0. The number of hydrogen-bond acceptors (Lipinski definition) is 4. The van der Waals surface area contributed by atoms with Gasteiger partial charge in [-0.25, -0.2) is 9.78 Å². The number of carbonyl (C=O) groups excluding carboxylic acids is 2. The highest BCUT2D eigenvalue weighted by atomic mass is 35.5. The molecule has 0 aliphatic rings. The predicted molar refractivity (Wildman–Crippen MR) is 122 cm³/mol. The summed E-state index contributed by atoms with van der Waals surface area (Å²) in [7, 11) is 0. The highest BCUT2D eigenvalue weighted by molar-refractivity contribution is 6.33. The summed E-state index contributed by atoms with van der Waals surface area (Å²) < 4.78 is 5.68. The first-order valence-electron chi connectivity index (χ1n) is 10.0. The quantitative estimate of drug-likeness (QED) is 0.264. The Morgan fingerprint density at radius 1 is 0.935 bits per heavy atom. The number of aromatic nitrogens is 1. The molecule has 1 heterocycles. The van der Waals surface area contributed by atoms with E-state index in [-0.39, 0.29) is 5.78 Å². The number of ketones is 1. The normalized spacial score (nSPS) is 11.8. The second-order valence-electron chi connectivity index (χ2n) is 7.08. The summed E-state index contributed by atoms with van der Waals surface area (Å²) >= 11 is 6.36. The molecule has 5 heteroatoms. The van der Waals surface area contributed by atoms with Crippen LogP contribution in [0.4, 0.5) is 0 Å². The number of carbonyl (C=O) groups is 2. The van der Waals surface area contributed by atoms with E-state index < -0.39 is 12.1 Å². The van der Waals surface area contributed by atoms with E-state index in [0.29, 0.717) is 39.2 Å². The molecule has 0 aliphatic carbocycles. The number of benzene rings is 3. The number of nitrogens with zero attached hydrogens (tertiary/aromatic N) is 1. The number of fused-ring (bicyclic) bond motifs is 1. The lowest BCUT2D eigenvalue weighted by Gasteiger charge is -2.17. The molecular weight excluding hydrogens is 410 g/mol. The van der Waals surface area contributed by atoms with Gasteiger partial charge in [0.1, 0.15) is 0 Å². The third-order valence-corrected chi connectivity index (χ3v) is 5.39. The zero-order valence-corrected chi connectivity index (χ0v) is 17.7. The molecule has 0 fully saturated rings. The third-order valence-electron chi connectivity index (χ3n) is 5.06. The molecule has 0 amide bonds. The van der Waals surface area contributed by atoms with Gasteiger partial charge in [-0.05, 0) is 24.6 Å². The molecule has 0 saturated heterocycles. The van der Waals surface area contributed by atoms with Gasteiger partial charge in [-0.3, -0.25) is 4.79 Å². The Hall–Kier alpha value is -3.50. The number of rotatable bonds is 6. The second kappa shape index (κ2) is 9.11. The summed E-state index contributed by atoms with van der Waals surface area (Å²) in [6.45, 7) is 1.82. The zero-order chi connectivity index (χ0) is 21.8. The van der Waals surface area contributed by atoms with Crippen molar-refractivity contribution in [2.24, 2.45) is 0 Å². The fraction of sp³-hybridized carbons (Fsp3) is 0.115. The standard InChI is InChI=1S/C26H20ClNO3/c1-2-24(25(29)17-10-4-3-5-11-17)31-26(30)20-16-23(19-13-6-8-14-21(19)27)28-22-15-9-7-12-18(20)22/h3-16,24H,2H2,1H3/t24-/m0/s1. The van der Waals surface area contributed by atoms with Crippen molar-refractivity contribution in [1.82, 2.24) is 4.98 Å². The van der Waals surface area contributed by atoms with Crippen LogP contribution in [0.2, 0.25) is 5.02 Å². The summed E-state index contributed by atoms with van der Waals surface area (Å²) in [5.41, 5.74) is 2.79. The van der Waals surface area contributed by atoms with Gasteiger partial charge in [0.25, 0.3) is 0 Å². The van der Waals surface area contributed by atoms with Gasteiger partial charge in [-0.15, -0.1) is 0 Å². The first-order valence-corrected chi connectivity index (χ1v) is 10.4. The van der Waals surface area contributed by atoms with Crippen LogP contribution >= 0.6 is 11.6 Å². The Bertz CT molecular complexity index is 1250. The van der Waals surface area contributed by atoms with Gasteiger partial charge >= 0.3 is 5.97 Å². The minimum absolute atomic E-state index is 0.221. The smallest absolute Gasteiger partial charge is 0.339 e. The van der Waals surface area contributed by atoms with Crippen molar-refractivity contribution in [3.05, 3.63) is 101 Å². The Labute approximate surface area is 185 Å². The number of hydrogen-bond donors (Lipinski definition) is 0. The number of ether oxygens (including phenoxy) is 1. The SMILES string of the molecule is CC[C@H](OC(=O)c1cc(-c2ccccc2Cl)nc2ccccc12)C(=O)c1ccccc1. The fourth-order valence-corrected chi connectivity index (χ4v) is 3.69. The highest BCUT2D eigenvalue weighted by Crippen LogP contribution is 2.30. The summed E-state index contributed by atoms with van der Waals surface area (Å²) in [6, 6.07) is 25.2. The van der Waals surface area contributed by atoms with E-state index in [2.05, 4.69) is 4.98 Å². The first kappa shape index (κ1) is 20.8. The molecule has 3 aromatic carbocycles. The molecule has 4 aromatic rings. The van der Waals surface area contributed by atoms with Crippen LogP contribution in [-0.2, 0) is 4.74 Å². The topological polar surface area (TPSA) is 56.3 Å². The van der Waals surface area contributed by atoms with Gasteiger partial charge < -0.3 is 4.74 Å². The van der Waals surface area contributed by atoms with Crippen molar-refractivity contribution in [3.63, 3.8) is 0 Å². The molecule has 0 aliphatic heterocycles. The van der Waals surface area contributed by atoms with Crippen LogP contribution in [0.5, 0.6) is 0 Å². The van der Waals surface area contributed by atoms with Crippen LogP contribution in [0.3, 0.4) is 0 Å². The molecule has 1 atom stereocenters. The second-order valence-corrected chi connectivity index (χ2v) is 7.49. The van der Waals surface area contributed by atoms with Crippen molar-refractivity contribution < 1.29 is 14.3 Å². The molecule has 0 N–H and O–H groups in total. The summed E-state index contributed by atoms with van der Waals surface area (Å²) in [4.78, 5) is 30.7. The largest absolute Gasteiger partial charge is 0.450 e. The average molecular weight is 430 g/mol. The van der Waals surface area contributed by atoms with Crippen molar-refractivity contribution in [2.75, 3.05) is 0 Å². The van der Waals surface area contributed by atoms with Crippen molar-refractivity contribution in [2.45, 2.75) is 19.4 Å². The summed E-state index contributed by atoms with van der Waals surface area (Å²) in [6.07, 6.45) is -0.495. The maximum absolute atomic E-state index is 13.2. The number of halogens is 1. The Morgan fingerprint density at radius 2 is 1.61 bits per heavy atom. The van der Waals surface area contributed by atoms with Crippen LogP contribution in [0.15, 0.2) is 84.9 Å². The van der Waals surface area contributed by atoms with E-state index in [9.17, 15) is 9.59 Å². The molecule has 154 valence electrons. The van der Waals surface area contributed by atoms with Crippen LogP contribution in [0, 0.1) is 0 Å². The van der Waals surface area contributed by atoms with Gasteiger partial charge in [-0.2, -0.15) is 0 Å². The molecule has 4 rings (SSSR count). The maximum Gasteiger partial charge on any atom is 0.339 e. The number of para-hydroxylation sites is 1. The van der Waals surface area contributed by atoms with Crippen molar-refractivity contribution in [3.8, 4) is 11.3 Å². The van der Waals surface area contributed by atoms with E-state index in [1.165, 1.54) is 0 Å². The molecule has 0 unspecified atom stereocenters. The van der Waals surface area contributed by atoms with Gasteiger partial charge in [0.15, 0.2) is 6.10 Å². The van der Waals surface area contributed by atoms with Crippen LogP contribution in [0.25, 0.3) is 22.2 Å². The van der Waals surface area contributed by atoms with Crippen LogP contribution in [-0.4, -0.2) is 22.8 Å². The van der Waals surface area contributed by atoms with Gasteiger partial charge in [0, 0.05) is 21.5 Å². The minimum Gasteiger partial charge on any atom is -0.450 e. The number of esters is 1. The minimum atomic E-state index is -0.870. The van der Waals surface area contributed by atoms with Crippen molar-refractivity contribution in [1.29, 1.82) is 0 Å². The molecule has 0 radical (unpaired) electrons. The highest BCUT2D eigenvalue weighted by Gasteiger charge is 2.25. The predicted octanol–water partition coefficient (Wildman–Crippen LogP) is 6.37. The molecular formula is C26H20ClNO3. The Morgan fingerprint density at radius 3 is 2.35 bits per heavy atom. The van der Waals surface area contributed by atoms with E-state index >= 15 is 0 Å². The van der Waals surface area contributed by atoms with E-state index in [1.54, 1.807) is 36.4 Å². The van der Waals surface area contributed by atoms with E-state index in [4.69, 9.17) is 16.3 Å². The number of Topliss-reactive ketones (excluding diaryl/α,β-unsaturated/α-hetero) is 1.